The maximum atomic E-state index is 11.2. The zero-order valence-corrected chi connectivity index (χ0v) is 6.86. The summed E-state index contributed by atoms with van der Waals surface area (Å²) in [5.41, 5.74) is 5.56. The molecule has 0 aromatic carbocycles. The van der Waals surface area contributed by atoms with Crippen molar-refractivity contribution in [2.24, 2.45) is 11.7 Å². The number of H-pyrrole nitrogens is 1. The first-order valence-corrected chi connectivity index (χ1v) is 4.28. The number of hydrogen-bond acceptors (Lipinski definition) is 2. The van der Waals surface area contributed by atoms with Gasteiger partial charge in [-0.3, -0.25) is 4.57 Å². The molecule has 0 amide bonds. The van der Waals surface area contributed by atoms with Gasteiger partial charge in [-0.2, -0.15) is 0 Å². The van der Waals surface area contributed by atoms with Crippen molar-refractivity contribution in [1.29, 1.82) is 0 Å². The second-order valence-electron chi connectivity index (χ2n) is 3.31. The van der Waals surface area contributed by atoms with Crippen molar-refractivity contribution in [3.05, 3.63) is 22.9 Å². The minimum absolute atomic E-state index is 0.0441. The number of nitrogens with zero attached hydrogens (tertiary/aromatic N) is 1. The molecule has 0 saturated heterocycles. The van der Waals surface area contributed by atoms with Crippen LogP contribution in [0.25, 0.3) is 0 Å². The van der Waals surface area contributed by atoms with Crippen LogP contribution in [-0.4, -0.2) is 16.1 Å². The highest BCUT2D eigenvalue weighted by atomic mass is 16.1. The van der Waals surface area contributed by atoms with E-state index in [1.165, 1.54) is 12.8 Å². The molecular weight excluding hydrogens is 154 g/mol. The third kappa shape index (κ3) is 1.18. The van der Waals surface area contributed by atoms with Gasteiger partial charge in [0, 0.05) is 18.9 Å². The highest BCUT2D eigenvalue weighted by Gasteiger charge is 2.31. The fourth-order valence-electron chi connectivity index (χ4n) is 1.61. The SMILES string of the molecule is NCC(C1CC1)n1cc[nH]c1=O. The van der Waals surface area contributed by atoms with Crippen molar-refractivity contribution in [1.82, 2.24) is 9.55 Å². The van der Waals surface area contributed by atoms with E-state index < -0.39 is 0 Å². The van der Waals surface area contributed by atoms with Crippen molar-refractivity contribution in [3.8, 4) is 0 Å². The van der Waals surface area contributed by atoms with Gasteiger partial charge < -0.3 is 10.7 Å². The zero-order valence-electron chi connectivity index (χ0n) is 6.86. The fourth-order valence-corrected chi connectivity index (χ4v) is 1.61. The lowest BCUT2D eigenvalue weighted by Crippen LogP contribution is -2.28. The number of nitrogens with one attached hydrogen (secondary N) is 1. The highest BCUT2D eigenvalue weighted by molar-refractivity contribution is 4.90. The smallest absolute Gasteiger partial charge is 0.325 e. The van der Waals surface area contributed by atoms with Crippen LogP contribution in [0.3, 0.4) is 0 Å². The molecule has 4 heteroatoms. The van der Waals surface area contributed by atoms with Gasteiger partial charge in [0.2, 0.25) is 0 Å². The van der Waals surface area contributed by atoms with E-state index in [1.807, 2.05) is 0 Å². The molecule has 1 fully saturated rings. The summed E-state index contributed by atoms with van der Waals surface area (Å²) < 4.78 is 1.71. The Morgan fingerprint density at radius 2 is 2.50 bits per heavy atom. The lowest BCUT2D eigenvalue weighted by atomic mass is 10.2. The van der Waals surface area contributed by atoms with Crippen LogP contribution in [0, 0.1) is 5.92 Å². The second-order valence-corrected chi connectivity index (χ2v) is 3.31. The second kappa shape index (κ2) is 2.79. The Kier molecular flexibility index (Phi) is 1.77. The van der Waals surface area contributed by atoms with Crippen LogP contribution in [0.1, 0.15) is 18.9 Å². The summed E-state index contributed by atoms with van der Waals surface area (Å²) in [5.74, 6) is 0.628. The molecule has 2 rings (SSSR count). The Balaban J connectivity index is 2.26. The Hall–Kier alpha value is -1.03. The van der Waals surface area contributed by atoms with Crippen LogP contribution in [-0.2, 0) is 0 Å². The van der Waals surface area contributed by atoms with Gasteiger partial charge in [0.05, 0.1) is 6.04 Å². The van der Waals surface area contributed by atoms with Crippen molar-refractivity contribution in [3.63, 3.8) is 0 Å². The van der Waals surface area contributed by atoms with Crippen molar-refractivity contribution < 1.29 is 0 Å². The Morgan fingerprint density at radius 3 is 2.92 bits per heavy atom. The average Bonchev–Trinajstić information content (AvgIpc) is 2.80. The van der Waals surface area contributed by atoms with E-state index in [4.69, 9.17) is 5.73 Å². The van der Waals surface area contributed by atoms with E-state index in [0.29, 0.717) is 12.5 Å². The maximum absolute atomic E-state index is 11.2. The molecule has 0 aliphatic heterocycles. The van der Waals surface area contributed by atoms with E-state index in [1.54, 1.807) is 17.0 Å². The molecule has 1 aliphatic carbocycles. The maximum Gasteiger partial charge on any atom is 0.325 e. The number of imidazole rings is 1. The summed E-state index contributed by atoms with van der Waals surface area (Å²) in [7, 11) is 0. The molecule has 1 unspecified atom stereocenters. The van der Waals surface area contributed by atoms with Gasteiger partial charge in [0.1, 0.15) is 0 Å². The summed E-state index contributed by atoms with van der Waals surface area (Å²) in [6.45, 7) is 0.558. The normalized spacial score (nSPS) is 19.4. The van der Waals surface area contributed by atoms with E-state index in [9.17, 15) is 4.79 Å². The zero-order chi connectivity index (χ0) is 8.55. The standard InChI is InChI=1S/C8H13N3O/c9-5-7(6-1-2-6)11-4-3-10-8(11)12/h3-4,6-7H,1-2,5,9H2,(H,10,12). The van der Waals surface area contributed by atoms with Gasteiger partial charge in [-0.15, -0.1) is 0 Å². The predicted molar refractivity (Wildman–Crippen MR) is 45.9 cm³/mol. The predicted octanol–water partition coefficient (Wildman–Crippen LogP) is 0.0862. The van der Waals surface area contributed by atoms with Crippen LogP contribution in [0.4, 0.5) is 0 Å². The highest BCUT2D eigenvalue weighted by Crippen LogP contribution is 2.38. The summed E-state index contributed by atoms with van der Waals surface area (Å²) >= 11 is 0. The first kappa shape index (κ1) is 7.61. The summed E-state index contributed by atoms with van der Waals surface area (Å²) in [4.78, 5) is 13.8. The summed E-state index contributed by atoms with van der Waals surface area (Å²) in [5, 5.41) is 0. The summed E-state index contributed by atoms with van der Waals surface area (Å²) in [6.07, 6.45) is 5.85. The van der Waals surface area contributed by atoms with Crippen LogP contribution < -0.4 is 11.4 Å². The van der Waals surface area contributed by atoms with E-state index >= 15 is 0 Å². The Labute approximate surface area is 70.4 Å². The molecule has 1 aromatic rings. The molecular formula is C8H13N3O. The van der Waals surface area contributed by atoms with Gasteiger partial charge in [-0.05, 0) is 18.8 Å². The number of nitrogens with two attached hydrogens (primary N) is 1. The quantitative estimate of drug-likeness (QED) is 0.670. The number of aromatic nitrogens is 2. The molecule has 1 saturated carbocycles. The molecule has 12 heavy (non-hydrogen) atoms. The first-order valence-electron chi connectivity index (χ1n) is 4.28. The Morgan fingerprint density at radius 1 is 1.75 bits per heavy atom. The van der Waals surface area contributed by atoms with Crippen LogP contribution in [0.15, 0.2) is 17.2 Å². The van der Waals surface area contributed by atoms with Gasteiger partial charge in [-0.25, -0.2) is 4.79 Å². The van der Waals surface area contributed by atoms with Gasteiger partial charge >= 0.3 is 5.69 Å². The minimum Gasteiger partial charge on any atom is -0.328 e. The van der Waals surface area contributed by atoms with Crippen molar-refractivity contribution in [2.75, 3.05) is 6.54 Å². The molecule has 1 atom stereocenters. The molecule has 3 N–H and O–H groups in total. The molecule has 0 radical (unpaired) electrons. The van der Waals surface area contributed by atoms with Crippen LogP contribution in [0.2, 0.25) is 0 Å². The van der Waals surface area contributed by atoms with E-state index in [2.05, 4.69) is 4.98 Å². The third-order valence-corrected chi connectivity index (χ3v) is 2.44. The van der Waals surface area contributed by atoms with Gasteiger partial charge in [0.25, 0.3) is 0 Å². The molecule has 1 aromatic heterocycles. The largest absolute Gasteiger partial charge is 0.328 e. The third-order valence-electron chi connectivity index (χ3n) is 2.44. The van der Waals surface area contributed by atoms with Gasteiger partial charge in [0.15, 0.2) is 0 Å². The van der Waals surface area contributed by atoms with Gasteiger partial charge in [-0.1, -0.05) is 0 Å². The molecule has 0 bridgehead atoms. The lowest BCUT2D eigenvalue weighted by molar-refractivity contribution is 0.444. The van der Waals surface area contributed by atoms with E-state index in [0.717, 1.165) is 0 Å². The number of aromatic amines is 1. The van der Waals surface area contributed by atoms with Crippen LogP contribution >= 0.6 is 0 Å². The molecule has 66 valence electrons. The Bertz CT molecular complexity index is 310. The molecule has 1 heterocycles. The van der Waals surface area contributed by atoms with Crippen LogP contribution in [0.5, 0.6) is 0 Å². The monoisotopic (exact) mass is 167 g/mol. The lowest BCUT2D eigenvalue weighted by Gasteiger charge is -2.13. The topological polar surface area (TPSA) is 63.8 Å². The molecule has 0 spiro atoms. The number of rotatable bonds is 3. The molecule has 4 nitrogen and oxygen atoms in total. The van der Waals surface area contributed by atoms with Crippen molar-refractivity contribution >= 4 is 0 Å². The average molecular weight is 167 g/mol. The number of hydrogen-bond donors (Lipinski definition) is 2. The van der Waals surface area contributed by atoms with Crippen molar-refractivity contribution in [2.45, 2.75) is 18.9 Å². The van der Waals surface area contributed by atoms with E-state index in [-0.39, 0.29) is 11.7 Å². The minimum atomic E-state index is -0.0441. The fraction of sp³-hybridized carbons (Fsp3) is 0.625. The molecule has 1 aliphatic rings. The summed E-state index contributed by atoms with van der Waals surface area (Å²) in [6, 6.07) is 0.212. The first-order chi connectivity index (χ1) is 5.83.